The van der Waals surface area contributed by atoms with Crippen LogP contribution in [0.15, 0.2) is 48.6 Å². The van der Waals surface area contributed by atoms with Gasteiger partial charge in [0.25, 0.3) is 0 Å². The van der Waals surface area contributed by atoms with Crippen LogP contribution in [0.25, 0.3) is 5.57 Å². The normalized spacial score (nSPS) is 12.2. The van der Waals surface area contributed by atoms with E-state index >= 15 is 0 Å². The summed E-state index contributed by atoms with van der Waals surface area (Å²) in [5, 5.41) is 0.825. The molecule has 0 nitrogen and oxygen atoms in total. The van der Waals surface area contributed by atoms with Gasteiger partial charge in [-0.25, -0.2) is 4.39 Å². The summed E-state index contributed by atoms with van der Waals surface area (Å²) in [5.74, 6) is -0.0880. The van der Waals surface area contributed by atoms with Gasteiger partial charge in [0, 0.05) is 5.02 Å². The Kier molecular flexibility index (Phi) is 7.66. The van der Waals surface area contributed by atoms with Crippen molar-refractivity contribution in [3.05, 3.63) is 87.2 Å². The van der Waals surface area contributed by atoms with Gasteiger partial charge in [-0.15, -0.1) is 0 Å². The molecule has 0 bridgehead atoms. The minimum Gasteiger partial charge on any atom is -0.207 e. The minimum atomic E-state index is -0.0880. The highest BCUT2D eigenvalue weighted by Crippen LogP contribution is 2.23. The standard InChI is InChI=1S/C24H28ClF/c1-5-10-22-18(3)15-21(16-24(22)26)17(2)11-7-6-8-12-20-13-9-14-23(25)19(20)4/h6-7,9,11,13-16H,5,8,10,12H2,1-4H3/b7-6-,17-11+. The average Bonchev–Trinajstić information content (AvgIpc) is 2.61. The molecule has 0 aromatic heterocycles. The lowest BCUT2D eigenvalue weighted by Crippen LogP contribution is -1.96. The van der Waals surface area contributed by atoms with E-state index in [0.717, 1.165) is 58.5 Å². The van der Waals surface area contributed by atoms with Crippen LogP contribution in [0.3, 0.4) is 0 Å². The number of rotatable bonds is 7. The molecule has 0 aliphatic heterocycles. The van der Waals surface area contributed by atoms with Gasteiger partial charge in [-0.2, -0.15) is 0 Å². The molecule has 2 rings (SSSR count). The average molecular weight is 371 g/mol. The molecule has 0 radical (unpaired) electrons. The maximum Gasteiger partial charge on any atom is 0.127 e. The Morgan fingerprint density at radius 1 is 1.15 bits per heavy atom. The molecule has 0 heterocycles. The van der Waals surface area contributed by atoms with Crippen LogP contribution in [0.2, 0.25) is 5.02 Å². The molecule has 0 aliphatic carbocycles. The molecule has 2 heteroatoms. The van der Waals surface area contributed by atoms with Crippen LogP contribution in [-0.4, -0.2) is 0 Å². The highest BCUT2D eigenvalue weighted by molar-refractivity contribution is 6.31. The molecule has 0 N–H and O–H groups in total. The summed E-state index contributed by atoms with van der Waals surface area (Å²) in [6.45, 7) is 8.16. The Balaban J connectivity index is 2.01. The van der Waals surface area contributed by atoms with Crippen LogP contribution in [0.4, 0.5) is 4.39 Å². The van der Waals surface area contributed by atoms with Gasteiger partial charge >= 0.3 is 0 Å². The topological polar surface area (TPSA) is 0 Å². The van der Waals surface area contributed by atoms with Crippen LogP contribution in [-0.2, 0) is 12.8 Å². The summed E-state index contributed by atoms with van der Waals surface area (Å²) in [6.07, 6.45) is 9.94. The second-order valence-electron chi connectivity index (χ2n) is 6.84. The predicted molar refractivity (Wildman–Crippen MR) is 112 cm³/mol. The summed E-state index contributed by atoms with van der Waals surface area (Å²) in [4.78, 5) is 0. The van der Waals surface area contributed by atoms with Crippen molar-refractivity contribution in [3.8, 4) is 0 Å². The van der Waals surface area contributed by atoms with Crippen LogP contribution in [0.5, 0.6) is 0 Å². The second-order valence-corrected chi connectivity index (χ2v) is 7.25. The Labute approximate surface area is 162 Å². The van der Waals surface area contributed by atoms with Gasteiger partial charge in [0.1, 0.15) is 5.82 Å². The maximum atomic E-state index is 14.3. The second kappa shape index (κ2) is 9.73. The van der Waals surface area contributed by atoms with Gasteiger partial charge in [-0.1, -0.05) is 61.4 Å². The van der Waals surface area contributed by atoms with Gasteiger partial charge in [0.2, 0.25) is 0 Å². The molecule has 0 amide bonds. The monoisotopic (exact) mass is 370 g/mol. The van der Waals surface area contributed by atoms with E-state index in [1.54, 1.807) is 6.07 Å². The van der Waals surface area contributed by atoms with Gasteiger partial charge < -0.3 is 0 Å². The maximum absolute atomic E-state index is 14.3. The van der Waals surface area contributed by atoms with E-state index in [0.29, 0.717) is 0 Å². The van der Waals surface area contributed by atoms with Gasteiger partial charge in [0.15, 0.2) is 0 Å². The third-order valence-corrected chi connectivity index (χ3v) is 5.23. The van der Waals surface area contributed by atoms with E-state index in [-0.39, 0.29) is 5.82 Å². The van der Waals surface area contributed by atoms with Crippen molar-refractivity contribution < 1.29 is 4.39 Å². The molecule has 26 heavy (non-hydrogen) atoms. The van der Waals surface area contributed by atoms with E-state index in [2.05, 4.69) is 44.2 Å². The van der Waals surface area contributed by atoms with Crippen molar-refractivity contribution in [3.63, 3.8) is 0 Å². The number of hydrogen-bond donors (Lipinski definition) is 0. The molecule has 0 saturated carbocycles. The molecule has 0 fully saturated rings. The van der Waals surface area contributed by atoms with Crippen molar-refractivity contribution in [2.75, 3.05) is 0 Å². The highest BCUT2D eigenvalue weighted by Gasteiger charge is 2.08. The molecule has 0 unspecified atom stereocenters. The van der Waals surface area contributed by atoms with Crippen LogP contribution < -0.4 is 0 Å². The molecule has 0 saturated heterocycles. The SMILES string of the molecule is CCCc1c(C)cc(/C(C)=C/C=C\CCc2cccc(Cl)c2C)cc1F. The van der Waals surface area contributed by atoms with E-state index in [1.165, 1.54) is 5.56 Å². The first-order valence-corrected chi connectivity index (χ1v) is 9.68. The van der Waals surface area contributed by atoms with Crippen molar-refractivity contribution in [2.24, 2.45) is 0 Å². The van der Waals surface area contributed by atoms with Gasteiger partial charge in [-0.05, 0) is 85.6 Å². The minimum absolute atomic E-state index is 0.0880. The zero-order valence-corrected chi connectivity index (χ0v) is 17.0. The Morgan fingerprint density at radius 2 is 1.92 bits per heavy atom. The molecule has 0 atom stereocenters. The quantitative estimate of drug-likeness (QED) is 0.439. The lowest BCUT2D eigenvalue weighted by Gasteiger charge is -2.10. The third kappa shape index (κ3) is 5.32. The predicted octanol–water partition coefficient (Wildman–Crippen LogP) is 7.64. The van der Waals surface area contributed by atoms with Crippen molar-refractivity contribution in [2.45, 2.75) is 53.4 Å². The molecule has 2 aromatic rings. The van der Waals surface area contributed by atoms with Gasteiger partial charge in [0.05, 0.1) is 0 Å². The number of halogens is 2. The summed E-state index contributed by atoms with van der Waals surface area (Å²) in [6, 6.07) is 9.79. The van der Waals surface area contributed by atoms with Crippen molar-refractivity contribution in [1.82, 2.24) is 0 Å². The smallest absolute Gasteiger partial charge is 0.127 e. The lowest BCUT2D eigenvalue weighted by atomic mass is 9.97. The first-order chi connectivity index (χ1) is 12.4. The Hall–Kier alpha value is -1.86. The summed E-state index contributed by atoms with van der Waals surface area (Å²) < 4.78 is 14.3. The Bertz CT molecular complexity index is 792. The first kappa shape index (κ1) is 20.5. The number of allylic oxidation sites excluding steroid dienone is 4. The van der Waals surface area contributed by atoms with E-state index in [1.807, 2.05) is 26.0 Å². The van der Waals surface area contributed by atoms with Crippen molar-refractivity contribution >= 4 is 17.2 Å². The summed E-state index contributed by atoms with van der Waals surface area (Å²) in [7, 11) is 0. The summed E-state index contributed by atoms with van der Waals surface area (Å²) >= 11 is 6.16. The summed E-state index contributed by atoms with van der Waals surface area (Å²) in [5.41, 5.74) is 6.35. The fraction of sp³-hybridized carbons (Fsp3) is 0.333. The zero-order valence-electron chi connectivity index (χ0n) is 16.2. The van der Waals surface area contributed by atoms with E-state index < -0.39 is 0 Å². The molecular formula is C24H28ClF. The molecule has 0 aliphatic rings. The number of hydrogen-bond acceptors (Lipinski definition) is 0. The van der Waals surface area contributed by atoms with Crippen LogP contribution >= 0.6 is 11.6 Å². The van der Waals surface area contributed by atoms with Crippen LogP contribution in [0.1, 0.15) is 54.5 Å². The third-order valence-electron chi connectivity index (χ3n) is 4.82. The first-order valence-electron chi connectivity index (χ1n) is 9.30. The van der Waals surface area contributed by atoms with E-state index in [9.17, 15) is 4.39 Å². The fourth-order valence-electron chi connectivity index (χ4n) is 3.13. The fourth-order valence-corrected chi connectivity index (χ4v) is 3.33. The zero-order chi connectivity index (χ0) is 19.1. The highest BCUT2D eigenvalue weighted by atomic mass is 35.5. The number of aryl methyl sites for hydroxylation is 2. The van der Waals surface area contributed by atoms with E-state index in [4.69, 9.17) is 11.6 Å². The largest absolute Gasteiger partial charge is 0.207 e. The lowest BCUT2D eigenvalue weighted by molar-refractivity contribution is 0.604. The molecular weight excluding hydrogens is 343 g/mol. The van der Waals surface area contributed by atoms with Crippen molar-refractivity contribution in [1.29, 1.82) is 0 Å². The number of benzene rings is 2. The molecule has 138 valence electrons. The Morgan fingerprint density at radius 3 is 2.62 bits per heavy atom. The molecule has 0 spiro atoms. The molecule has 2 aromatic carbocycles. The van der Waals surface area contributed by atoms with Crippen LogP contribution in [0, 0.1) is 19.7 Å². The van der Waals surface area contributed by atoms with Gasteiger partial charge in [-0.3, -0.25) is 0 Å².